The van der Waals surface area contributed by atoms with Gasteiger partial charge in [0.25, 0.3) is 0 Å². The highest BCUT2D eigenvalue weighted by molar-refractivity contribution is 5.81. The third kappa shape index (κ3) is 7.21. The van der Waals surface area contributed by atoms with E-state index in [0.29, 0.717) is 19.3 Å². The summed E-state index contributed by atoms with van der Waals surface area (Å²) in [7, 11) is 1.37. The number of esters is 1. The Morgan fingerprint density at radius 1 is 1.56 bits per heavy atom. The van der Waals surface area contributed by atoms with E-state index in [1.54, 1.807) is 0 Å². The Labute approximate surface area is 97.9 Å². The standard InChI is InChI=1S/C8H12O3.C5H10/c1-11-8(10)5-6-2-3-7(9)4-6;1-3-5-4-2/h6H,2-5H2,1H3;3,5H,4H2,1-2H3/b;5-3-/t6-;/m1./s1. The Morgan fingerprint density at radius 3 is 2.56 bits per heavy atom. The summed E-state index contributed by atoms with van der Waals surface area (Å²) < 4.78 is 4.50. The molecule has 92 valence electrons. The van der Waals surface area contributed by atoms with E-state index < -0.39 is 0 Å². The summed E-state index contributed by atoms with van der Waals surface area (Å²) in [6.45, 7) is 4.16. The van der Waals surface area contributed by atoms with Crippen LogP contribution in [-0.2, 0) is 14.3 Å². The third-order valence-corrected chi connectivity index (χ3v) is 2.50. The number of carbonyl (C=O) groups excluding carboxylic acids is 2. The van der Waals surface area contributed by atoms with Crippen molar-refractivity contribution in [2.45, 2.75) is 46.0 Å². The number of Topliss-reactive ketones (excluding diaryl/α,β-unsaturated/α-hetero) is 1. The van der Waals surface area contributed by atoms with Gasteiger partial charge in [-0.15, -0.1) is 0 Å². The summed E-state index contributed by atoms with van der Waals surface area (Å²) in [6, 6.07) is 0. The quantitative estimate of drug-likeness (QED) is 0.549. The summed E-state index contributed by atoms with van der Waals surface area (Å²) in [6.07, 6.45) is 7.81. The molecule has 0 spiro atoms. The van der Waals surface area contributed by atoms with Gasteiger partial charge in [-0.3, -0.25) is 9.59 Å². The normalized spacial score (nSPS) is 19.4. The van der Waals surface area contributed by atoms with E-state index in [9.17, 15) is 9.59 Å². The van der Waals surface area contributed by atoms with Crippen molar-refractivity contribution in [2.24, 2.45) is 5.92 Å². The molecule has 0 N–H and O–H groups in total. The van der Waals surface area contributed by atoms with Gasteiger partial charge in [-0.2, -0.15) is 0 Å². The van der Waals surface area contributed by atoms with Crippen LogP contribution in [0.5, 0.6) is 0 Å². The van der Waals surface area contributed by atoms with Crippen molar-refractivity contribution in [2.75, 3.05) is 7.11 Å². The maximum atomic E-state index is 10.8. The fourth-order valence-electron chi connectivity index (χ4n) is 1.62. The molecule has 3 nitrogen and oxygen atoms in total. The number of hydrogen-bond acceptors (Lipinski definition) is 3. The first-order valence-corrected chi connectivity index (χ1v) is 5.83. The van der Waals surface area contributed by atoms with Gasteiger partial charge in [0.05, 0.1) is 7.11 Å². The molecule has 3 heteroatoms. The molecule has 0 heterocycles. The minimum Gasteiger partial charge on any atom is -0.469 e. The highest BCUT2D eigenvalue weighted by Gasteiger charge is 2.24. The lowest BCUT2D eigenvalue weighted by Gasteiger charge is -2.04. The van der Waals surface area contributed by atoms with Crippen LogP contribution in [0.2, 0.25) is 0 Å². The maximum Gasteiger partial charge on any atom is 0.305 e. The van der Waals surface area contributed by atoms with Crippen LogP contribution in [0.1, 0.15) is 46.0 Å². The van der Waals surface area contributed by atoms with Crippen LogP contribution < -0.4 is 0 Å². The average molecular weight is 226 g/mol. The fraction of sp³-hybridized carbons (Fsp3) is 0.692. The fourth-order valence-corrected chi connectivity index (χ4v) is 1.62. The molecule has 1 atom stereocenters. The molecule has 1 aliphatic rings. The molecule has 0 radical (unpaired) electrons. The molecular weight excluding hydrogens is 204 g/mol. The number of ether oxygens (including phenoxy) is 1. The highest BCUT2D eigenvalue weighted by atomic mass is 16.5. The van der Waals surface area contributed by atoms with Crippen LogP contribution in [0.4, 0.5) is 0 Å². The molecule has 1 fully saturated rings. The second-order valence-electron chi connectivity index (χ2n) is 3.91. The largest absolute Gasteiger partial charge is 0.469 e. The zero-order valence-electron chi connectivity index (χ0n) is 10.5. The van der Waals surface area contributed by atoms with E-state index >= 15 is 0 Å². The zero-order valence-corrected chi connectivity index (χ0v) is 10.5. The monoisotopic (exact) mass is 226 g/mol. The van der Waals surface area contributed by atoms with Gasteiger partial charge in [0.2, 0.25) is 0 Å². The SMILES string of the molecule is C/C=C\CC.COC(=O)C[C@@H]1CCC(=O)C1. The van der Waals surface area contributed by atoms with E-state index in [4.69, 9.17) is 0 Å². The lowest BCUT2D eigenvalue weighted by atomic mass is 10.0. The van der Waals surface area contributed by atoms with Gasteiger partial charge < -0.3 is 4.74 Å². The maximum absolute atomic E-state index is 10.8. The molecule has 0 aliphatic heterocycles. The van der Waals surface area contributed by atoms with E-state index in [1.165, 1.54) is 7.11 Å². The van der Waals surface area contributed by atoms with Crippen molar-refractivity contribution >= 4 is 11.8 Å². The molecule has 0 unspecified atom stereocenters. The molecule has 0 aromatic heterocycles. The summed E-state index contributed by atoms with van der Waals surface area (Å²) in [4.78, 5) is 21.5. The first kappa shape index (κ1) is 14.9. The Morgan fingerprint density at radius 2 is 2.25 bits per heavy atom. The first-order chi connectivity index (χ1) is 7.63. The molecule has 0 aromatic carbocycles. The Hall–Kier alpha value is -1.12. The molecule has 1 rings (SSSR count). The second kappa shape index (κ2) is 9.13. The van der Waals surface area contributed by atoms with Gasteiger partial charge in [-0.05, 0) is 25.7 Å². The van der Waals surface area contributed by atoms with Crippen LogP contribution >= 0.6 is 0 Å². The Kier molecular flexibility index (Phi) is 8.49. The second-order valence-corrected chi connectivity index (χ2v) is 3.91. The van der Waals surface area contributed by atoms with Crippen molar-refractivity contribution in [1.29, 1.82) is 0 Å². The molecule has 0 bridgehead atoms. The predicted molar refractivity (Wildman–Crippen MR) is 64.1 cm³/mol. The molecule has 0 amide bonds. The van der Waals surface area contributed by atoms with E-state index in [0.717, 1.165) is 12.8 Å². The molecular formula is C13H22O3. The lowest BCUT2D eigenvalue weighted by Crippen LogP contribution is -2.07. The van der Waals surface area contributed by atoms with Crippen molar-refractivity contribution in [1.82, 2.24) is 0 Å². The van der Waals surface area contributed by atoms with E-state index in [-0.39, 0.29) is 17.7 Å². The summed E-state index contributed by atoms with van der Waals surface area (Å²) in [5, 5.41) is 0. The summed E-state index contributed by atoms with van der Waals surface area (Å²) in [5.41, 5.74) is 0. The summed E-state index contributed by atoms with van der Waals surface area (Å²) in [5.74, 6) is 0.318. The van der Waals surface area contributed by atoms with E-state index in [1.807, 2.05) is 6.92 Å². The summed E-state index contributed by atoms with van der Waals surface area (Å²) >= 11 is 0. The number of carbonyl (C=O) groups is 2. The lowest BCUT2D eigenvalue weighted by molar-refractivity contribution is -0.141. The number of methoxy groups -OCH3 is 1. The Balaban J connectivity index is 0.000000385. The highest BCUT2D eigenvalue weighted by Crippen LogP contribution is 2.24. The molecule has 1 aliphatic carbocycles. The van der Waals surface area contributed by atoms with Crippen molar-refractivity contribution < 1.29 is 14.3 Å². The Bertz CT molecular complexity index is 244. The van der Waals surface area contributed by atoms with Crippen molar-refractivity contribution in [3.8, 4) is 0 Å². The predicted octanol–water partition coefficient (Wildman–Crippen LogP) is 2.89. The van der Waals surface area contributed by atoms with Gasteiger partial charge in [-0.1, -0.05) is 19.1 Å². The van der Waals surface area contributed by atoms with Crippen LogP contribution in [0.15, 0.2) is 12.2 Å². The number of hydrogen-bond donors (Lipinski definition) is 0. The first-order valence-electron chi connectivity index (χ1n) is 5.83. The van der Waals surface area contributed by atoms with E-state index in [2.05, 4.69) is 23.8 Å². The van der Waals surface area contributed by atoms with Gasteiger partial charge in [0, 0.05) is 19.3 Å². The zero-order chi connectivity index (χ0) is 12.4. The molecule has 0 aromatic rings. The number of allylic oxidation sites excluding steroid dienone is 2. The minimum absolute atomic E-state index is 0.204. The van der Waals surface area contributed by atoms with Crippen LogP contribution in [-0.4, -0.2) is 18.9 Å². The van der Waals surface area contributed by atoms with Crippen molar-refractivity contribution in [3.05, 3.63) is 12.2 Å². The van der Waals surface area contributed by atoms with Crippen LogP contribution in [0, 0.1) is 5.92 Å². The van der Waals surface area contributed by atoms with Gasteiger partial charge in [-0.25, -0.2) is 0 Å². The minimum atomic E-state index is -0.204. The van der Waals surface area contributed by atoms with Gasteiger partial charge in [0.15, 0.2) is 0 Å². The molecule has 0 saturated heterocycles. The molecule has 16 heavy (non-hydrogen) atoms. The number of rotatable bonds is 3. The third-order valence-electron chi connectivity index (χ3n) is 2.50. The number of ketones is 1. The smallest absolute Gasteiger partial charge is 0.305 e. The van der Waals surface area contributed by atoms with Gasteiger partial charge in [0.1, 0.15) is 5.78 Å². The average Bonchev–Trinajstić information content (AvgIpc) is 2.66. The molecule has 1 saturated carbocycles. The van der Waals surface area contributed by atoms with Crippen LogP contribution in [0.25, 0.3) is 0 Å². The van der Waals surface area contributed by atoms with Gasteiger partial charge >= 0.3 is 5.97 Å². The van der Waals surface area contributed by atoms with Crippen LogP contribution in [0.3, 0.4) is 0 Å². The topological polar surface area (TPSA) is 43.4 Å². The van der Waals surface area contributed by atoms with Crippen molar-refractivity contribution in [3.63, 3.8) is 0 Å².